The van der Waals surface area contributed by atoms with Crippen LogP contribution in [0.1, 0.15) is 26.7 Å². The quantitative estimate of drug-likeness (QED) is 0.579. The monoisotopic (exact) mass is 200 g/mol. The summed E-state index contributed by atoms with van der Waals surface area (Å²) < 4.78 is 0. The standard InChI is InChI=1S/C10H20N2O2/c1-3-10(2,7-13)12-9(14)4-8-5-11-6-8/h8,11,13H,3-7H2,1-2H3,(H,12,14). The second-order valence-corrected chi connectivity index (χ2v) is 4.35. The zero-order valence-corrected chi connectivity index (χ0v) is 8.97. The Balaban J connectivity index is 2.30. The predicted molar refractivity (Wildman–Crippen MR) is 54.9 cm³/mol. The highest BCUT2D eigenvalue weighted by Gasteiger charge is 2.26. The molecule has 1 aliphatic rings. The highest BCUT2D eigenvalue weighted by Crippen LogP contribution is 2.12. The number of amides is 1. The molecule has 14 heavy (non-hydrogen) atoms. The van der Waals surface area contributed by atoms with E-state index in [1.165, 1.54) is 0 Å². The van der Waals surface area contributed by atoms with Crippen molar-refractivity contribution in [1.29, 1.82) is 0 Å². The molecule has 0 aromatic carbocycles. The topological polar surface area (TPSA) is 61.4 Å². The van der Waals surface area contributed by atoms with Crippen LogP contribution in [-0.2, 0) is 4.79 Å². The van der Waals surface area contributed by atoms with E-state index in [4.69, 9.17) is 5.11 Å². The molecule has 1 rings (SSSR count). The average molecular weight is 200 g/mol. The normalized spacial score (nSPS) is 21.1. The van der Waals surface area contributed by atoms with Gasteiger partial charge in [0.05, 0.1) is 12.1 Å². The van der Waals surface area contributed by atoms with E-state index in [0.717, 1.165) is 19.5 Å². The third-order valence-corrected chi connectivity index (χ3v) is 2.91. The van der Waals surface area contributed by atoms with E-state index in [1.54, 1.807) is 0 Å². The summed E-state index contributed by atoms with van der Waals surface area (Å²) in [6.07, 6.45) is 1.32. The van der Waals surface area contributed by atoms with Crippen molar-refractivity contribution in [3.8, 4) is 0 Å². The minimum Gasteiger partial charge on any atom is -0.394 e. The summed E-state index contributed by atoms with van der Waals surface area (Å²) >= 11 is 0. The van der Waals surface area contributed by atoms with Gasteiger partial charge in [0.1, 0.15) is 0 Å². The maximum Gasteiger partial charge on any atom is 0.220 e. The Morgan fingerprint density at radius 3 is 2.64 bits per heavy atom. The molecule has 0 aromatic rings. The van der Waals surface area contributed by atoms with E-state index in [0.29, 0.717) is 12.3 Å². The smallest absolute Gasteiger partial charge is 0.220 e. The van der Waals surface area contributed by atoms with Crippen molar-refractivity contribution in [3.63, 3.8) is 0 Å². The molecule has 0 aromatic heterocycles. The van der Waals surface area contributed by atoms with E-state index >= 15 is 0 Å². The third kappa shape index (κ3) is 2.96. The van der Waals surface area contributed by atoms with Gasteiger partial charge in [-0.05, 0) is 32.4 Å². The zero-order chi connectivity index (χ0) is 10.6. The van der Waals surface area contributed by atoms with Crippen molar-refractivity contribution in [2.75, 3.05) is 19.7 Å². The lowest BCUT2D eigenvalue weighted by molar-refractivity contribution is -0.124. The molecule has 1 unspecified atom stereocenters. The van der Waals surface area contributed by atoms with Crippen molar-refractivity contribution in [3.05, 3.63) is 0 Å². The van der Waals surface area contributed by atoms with Gasteiger partial charge in [-0.1, -0.05) is 6.92 Å². The van der Waals surface area contributed by atoms with Gasteiger partial charge in [0.15, 0.2) is 0 Å². The molecule has 1 atom stereocenters. The summed E-state index contributed by atoms with van der Waals surface area (Å²) in [6, 6.07) is 0. The van der Waals surface area contributed by atoms with Crippen LogP contribution in [0.15, 0.2) is 0 Å². The van der Waals surface area contributed by atoms with E-state index in [-0.39, 0.29) is 12.5 Å². The van der Waals surface area contributed by atoms with Crippen LogP contribution in [0.3, 0.4) is 0 Å². The van der Waals surface area contributed by atoms with Crippen molar-refractivity contribution < 1.29 is 9.90 Å². The molecule has 0 spiro atoms. The predicted octanol–water partition coefficient (Wildman–Crippen LogP) is -0.127. The molecule has 0 saturated carbocycles. The van der Waals surface area contributed by atoms with Crippen molar-refractivity contribution in [2.24, 2.45) is 5.92 Å². The van der Waals surface area contributed by atoms with Crippen LogP contribution in [0.2, 0.25) is 0 Å². The molecular weight excluding hydrogens is 180 g/mol. The Kier molecular flexibility index (Phi) is 3.89. The summed E-state index contributed by atoms with van der Waals surface area (Å²) in [7, 11) is 0. The van der Waals surface area contributed by atoms with Crippen molar-refractivity contribution in [2.45, 2.75) is 32.2 Å². The van der Waals surface area contributed by atoms with Gasteiger partial charge in [-0.25, -0.2) is 0 Å². The lowest BCUT2D eigenvalue weighted by Crippen LogP contribution is -2.51. The number of aliphatic hydroxyl groups excluding tert-OH is 1. The molecule has 82 valence electrons. The third-order valence-electron chi connectivity index (χ3n) is 2.91. The Bertz CT molecular complexity index is 198. The molecule has 0 aliphatic carbocycles. The fourth-order valence-electron chi connectivity index (χ4n) is 1.38. The van der Waals surface area contributed by atoms with E-state index in [1.807, 2.05) is 13.8 Å². The first-order valence-electron chi connectivity index (χ1n) is 5.22. The second kappa shape index (κ2) is 4.75. The molecule has 1 heterocycles. The van der Waals surface area contributed by atoms with Crippen LogP contribution >= 0.6 is 0 Å². The van der Waals surface area contributed by atoms with Crippen LogP contribution in [-0.4, -0.2) is 36.2 Å². The van der Waals surface area contributed by atoms with Gasteiger partial charge < -0.3 is 15.7 Å². The van der Waals surface area contributed by atoms with Crippen LogP contribution < -0.4 is 10.6 Å². The number of hydrogen-bond donors (Lipinski definition) is 3. The first-order chi connectivity index (χ1) is 6.59. The molecule has 4 nitrogen and oxygen atoms in total. The largest absolute Gasteiger partial charge is 0.394 e. The van der Waals surface area contributed by atoms with Gasteiger partial charge in [0.25, 0.3) is 0 Å². The first-order valence-corrected chi connectivity index (χ1v) is 5.22. The lowest BCUT2D eigenvalue weighted by Gasteiger charge is -2.31. The number of nitrogens with one attached hydrogen (secondary N) is 2. The van der Waals surface area contributed by atoms with E-state index in [2.05, 4.69) is 10.6 Å². The molecule has 3 N–H and O–H groups in total. The van der Waals surface area contributed by atoms with E-state index in [9.17, 15) is 4.79 Å². The lowest BCUT2D eigenvalue weighted by atomic mass is 9.96. The fourth-order valence-corrected chi connectivity index (χ4v) is 1.38. The van der Waals surface area contributed by atoms with Crippen molar-refractivity contribution >= 4 is 5.91 Å². The Labute approximate surface area is 85.1 Å². The molecule has 4 heteroatoms. The average Bonchev–Trinajstić information content (AvgIpc) is 2.11. The molecular formula is C10H20N2O2. The van der Waals surface area contributed by atoms with Crippen LogP contribution in [0.25, 0.3) is 0 Å². The Hall–Kier alpha value is -0.610. The summed E-state index contributed by atoms with van der Waals surface area (Å²) in [5.41, 5.74) is -0.450. The first kappa shape index (κ1) is 11.5. The molecule has 1 aliphatic heterocycles. The Morgan fingerprint density at radius 1 is 1.64 bits per heavy atom. The minimum absolute atomic E-state index is 0.00183. The summed E-state index contributed by atoms with van der Waals surface area (Å²) in [4.78, 5) is 11.5. The summed E-state index contributed by atoms with van der Waals surface area (Å²) in [5.74, 6) is 0.532. The van der Waals surface area contributed by atoms with Crippen LogP contribution in [0.5, 0.6) is 0 Å². The van der Waals surface area contributed by atoms with Gasteiger partial charge in [0, 0.05) is 6.42 Å². The number of hydrogen-bond acceptors (Lipinski definition) is 3. The zero-order valence-electron chi connectivity index (χ0n) is 8.97. The van der Waals surface area contributed by atoms with Crippen LogP contribution in [0.4, 0.5) is 0 Å². The minimum atomic E-state index is -0.450. The molecule has 1 saturated heterocycles. The fraction of sp³-hybridized carbons (Fsp3) is 0.900. The highest BCUT2D eigenvalue weighted by molar-refractivity contribution is 5.77. The van der Waals surface area contributed by atoms with Gasteiger partial charge >= 0.3 is 0 Å². The SMILES string of the molecule is CCC(C)(CO)NC(=O)CC1CNC1. The second-order valence-electron chi connectivity index (χ2n) is 4.35. The molecule has 0 radical (unpaired) electrons. The maximum atomic E-state index is 11.5. The highest BCUT2D eigenvalue weighted by atomic mass is 16.3. The number of aliphatic hydroxyl groups is 1. The Morgan fingerprint density at radius 2 is 2.29 bits per heavy atom. The van der Waals surface area contributed by atoms with Crippen molar-refractivity contribution in [1.82, 2.24) is 10.6 Å². The molecule has 0 bridgehead atoms. The van der Waals surface area contributed by atoms with E-state index < -0.39 is 5.54 Å². The summed E-state index contributed by atoms with van der Waals surface area (Å²) in [6.45, 7) is 5.70. The number of rotatable bonds is 5. The van der Waals surface area contributed by atoms with Gasteiger partial charge in [-0.3, -0.25) is 4.79 Å². The summed E-state index contributed by atoms with van der Waals surface area (Å²) in [5, 5.41) is 15.1. The van der Waals surface area contributed by atoms with Gasteiger partial charge in [0.2, 0.25) is 5.91 Å². The van der Waals surface area contributed by atoms with Crippen LogP contribution in [0, 0.1) is 5.92 Å². The molecule has 1 fully saturated rings. The maximum absolute atomic E-state index is 11.5. The molecule has 1 amide bonds. The van der Waals surface area contributed by atoms with Gasteiger partial charge in [-0.2, -0.15) is 0 Å². The van der Waals surface area contributed by atoms with Gasteiger partial charge in [-0.15, -0.1) is 0 Å². The number of carbonyl (C=O) groups excluding carboxylic acids is 1. The number of carbonyl (C=O) groups is 1.